The van der Waals surface area contributed by atoms with Gasteiger partial charge >= 0.3 is 0 Å². The molecule has 0 heterocycles. The summed E-state index contributed by atoms with van der Waals surface area (Å²) in [6, 6.07) is 5.09. The minimum absolute atomic E-state index is 0.381. The van der Waals surface area contributed by atoms with Gasteiger partial charge in [-0.1, -0.05) is 15.9 Å². The maximum Gasteiger partial charge on any atom is 0.252 e. The number of carbonyl (C=O) groups is 1. The van der Waals surface area contributed by atoms with E-state index in [4.69, 9.17) is 10.5 Å². The Bertz CT molecular complexity index is 312. The summed E-state index contributed by atoms with van der Waals surface area (Å²) in [7, 11) is 1.50. The van der Waals surface area contributed by atoms with Crippen LogP contribution in [0.5, 0.6) is 5.75 Å². The van der Waals surface area contributed by atoms with Crippen LogP contribution in [0.2, 0.25) is 0 Å². The highest BCUT2D eigenvalue weighted by molar-refractivity contribution is 9.10. The van der Waals surface area contributed by atoms with E-state index in [1.54, 1.807) is 18.2 Å². The Labute approximate surface area is 78.6 Å². The molecule has 0 aliphatic carbocycles. The van der Waals surface area contributed by atoms with Crippen LogP contribution in [0.3, 0.4) is 0 Å². The molecule has 1 aromatic rings. The average molecular weight is 230 g/mol. The van der Waals surface area contributed by atoms with E-state index in [1.807, 2.05) is 0 Å². The van der Waals surface area contributed by atoms with Crippen molar-refractivity contribution in [1.29, 1.82) is 0 Å². The molecule has 1 rings (SSSR count). The number of hydrogen-bond acceptors (Lipinski definition) is 2. The Morgan fingerprint density at radius 1 is 1.58 bits per heavy atom. The summed E-state index contributed by atoms with van der Waals surface area (Å²) in [6.07, 6.45) is 0. The third-order valence-electron chi connectivity index (χ3n) is 1.43. The lowest BCUT2D eigenvalue weighted by molar-refractivity contribution is 0.0997. The average Bonchev–Trinajstić information content (AvgIpc) is 2.04. The lowest BCUT2D eigenvalue weighted by Gasteiger charge is -2.04. The van der Waals surface area contributed by atoms with Crippen LogP contribution in [-0.4, -0.2) is 13.0 Å². The fraction of sp³-hybridized carbons (Fsp3) is 0.125. The van der Waals surface area contributed by atoms with Gasteiger partial charge in [-0.15, -0.1) is 0 Å². The number of halogens is 1. The van der Waals surface area contributed by atoms with Crippen LogP contribution in [0.4, 0.5) is 0 Å². The Hall–Kier alpha value is -1.03. The number of primary amides is 1. The van der Waals surface area contributed by atoms with E-state index in [2.05, 4.69) is 15.9 Å². The molecule has 0 aromatic heterocycles. The fourth-order valence-electron chi connectivity index (χ4n) is 0.873. The first-order chi connectivity index (χ1) is 5.65. The molecule has 0 aliphatic rings. The number of amides is 1. The van der Waals surface area contributed by atoms with Crippen molar-refractivity contribution in [2.24, 2.45) is 5.73 Å². The van der Waals surface area contributed by atoms with Gasteiger partial charge in [-0.2, -0.15) is 0 Å². The molecule has 0 saturated carbocycles. The Kier molecular flexibility index (Phi) is 2.70. The van der Waals surface area contributed by atoms with Gasteiger partial charge in [0.15, 0.2) is 0 Å². The zero-order valence-electron chi connectivity index (χ0n) is 6.50. The van der Waals surface area contributed by atoms with Crippen molar-refractivity contribution < 1.29 is 9.53 Å². The number of rotatable bonds is 2. The van der Waals surface area contributed by atoms with Crippen LogP contribution in [-0.2, 0) is 0 Å². The van der Waals surface area contributed by atoms with Crippen LogP contribution in [0.25, 0.3) is 0 Å². The van der Waals surface area contributed by atoms with Crippen molar-refractivity contribution in [2.75, 3.05) is 7.11 Å². The number of carbonyl (C=O) groups excluding carboxylic acids is 1. The van der Waals surface area contributed by atoms with Gasteiger partial charge in [0.1, 0.15) is 5.75 Å². The molecule has 3 nitrogen and oxygen atoms in total. The quantitative estimate of drug-likeness (QED) is 0.837. The molecule has 4 heteroatoms. The molecular weight excluding hydrogens is 222 g/mol. The molecule has 0 atom stereocenters. The second-order valence-corrected chi connectivity index (χ2v) is 3.12. The van der Waals surface area contributed by atoms with Crippen LogP contribution in [0.15, 0.2) is 22.7 Å². The van der Waals surface area contributed by atoms with E-state index in [0.717, 1.165) is 4.47 Å². The molecule has 0 saturated heterocycles. The molecule has 0 spiro atoms. The summed E-state index contributed by atoms with van der Waals surface area (Å²) in [6.45, 7) is 0. The zero-order valence-corrected chi connectivity index (χ0v) is 8.09. The predicted octanol–water partition coefficient (Wildman–Crippen LogP) is 1.56. The summed E-state index contributed by atoms with van der Waals surface area (Å²) in [5.41, 5.74) is 5.50. The molecule has 0 radical (unpaired) electrons. The topological polar surface area (TPSA) is 52.3 Å². The van der Waals surface area contributed by atoms with Crippen LogP contribution in [0.1, 0.15) is 10.4 Å². The molecule has 12 heavy (non-hydrogen) atoms. The van der Waals surface area contributed by atoms with Gasteiger partial charge in [0.05, 0.1) is 12.7 Å². The largest absolute Gasteiger partial charge is 0.496 e. The molecule has 2 N–H and O–H groups in total. The molecule has 0 bridgehead atoms. The molecule has 64 valence electrons. The summed E-state index contributed by atoms with van der Waals surface area (Å²) in [5.74, 6) is -0.00106. The van der Waals surface area contributed by atoms with Crippen molar-refractivity contribution in [1.82, 2.24) is 0 Å². The van der Waals surface area contributed by atoms with E-state index >= 15 is 0 Å². The maximum atomic E-state index is 10.9. The van der Waals surface area contributed by atoms with E-state index in [9.17, 15) is 4.79 Å². The van der Waals surface area contributed by atoms with E-state index in [-0.39, 0.29) is 0 Å². The van der Waals surface area contributed by atoms with E-state index in [0.29, 0.717) is 11.3 Å². The van der Waals surface area contributed by atoms with Crippen molar-refractivity contribution in [3.63, 3.8) is 0 Å². The first-order valence-electron chi connectivity index (χ1n) is 3.28. The van der Waals surface area contributed by atoms with Gasteiger partial charge in [-0.05, 0) is 18.2 Å². The highest BCUT2D eigenvalue weighted by Crippen LogP contribution is 2.21. The van der Waals surface area contributed by atoms with Gasteiger partial charge in [-0.25, -0.2) is 0 Å². The minimum Gasteiger partial charge on any atom is -0.496 e. The predicted molar refractivity (Wildman–Crippen MR) is 49.2 cm³/mol. The first kappa shape index (κ1) is 9.06. The Morgan fingerprint density at radius 3 is 2.75 bits per heavy atom. The van der Waals surface area contributed by atoms with Crippen LogP contribution >= 0.6 is 15.9 Å². The van der Waals surface area contributed by atoms with Crippen molar-refractivity contribution in [3.05, 3.63) is 28.2 Å². The molecule has 0 aliphatic heterocycles. The molecule has 0 unspecified atom stereocenters. The number of hydrogen-bond donors (Lipinski definition) is 1. The third kappa shape index (κ3) is 1.76. The van der Waals surface area contributed by atoms with Crippen molar-refractivity contribution in [2.45, 2.75) is 0 Å². The Balaban J connectivity index is 3.21. The second kappa shape index (κ2) is 3.58. The van der Waals surface area contributed by atoms with Crippen molar-refractivity contribution in [3.8, 4) is 5.75 Å². The highest BCUT2D eigenvalue weighted by atomic mass is 79.9. The normalized spacial score (nSPS) is 9.50. The van der Waals surface area contributed by atoms with E-state index in [1.165, 1.54) is 7.11 Å². The standard InChI is InChI=1S/C8H8BrNO2/c1-12-7-3-2-5(9)4-6(7)8(10)11/h2-4H,1H3,(H2,10,11). The minimum atomic E-state index is -0.492. The lowest BCUT2D eigenvalue weighted by Crippen LogP contribution is -2.12. The van der Waals surface area contributed by atoms with Gasteiger partial charge in [0.25, 0.3) is 5.91 Å². The molecule has 1 aromatic carbocycles. The molecular formula is C8H8BrNO2. The zero-order chi connectivity index (χ0) is 9.14. The molecule has 1 amide bonds. The summed E-state index contributed by atoms with van der Waals surface area (Å²) in [4.78, 5) is 10.9. The van der Waals surface area contributed by atoms with Gasteiger partial charge < -0.3 is 10.5 Å². The van der Waals surface area contributed by atoms with E-state index < -0.39 is 5.91 Å². The van der Waals surface area contributed by atoms with Crippen LogP contribution in [0, 0.1) is 0 Å². The second-order valence-electron chi connectivity index (χ2n) is 2.21. The number of methoxy groups -OCH3 is 1. The SMILES string of the molecule is COc1ccc(Br)cc1C(N)=O. The number of benzene rings is 1. The highest BCUT2D eigenvalue weighted by Gasteiger charge is 2.07. The van der Waals surface area contributed by atoms with Crippen molar-refractivity contribution >= 4 is 21.8 Å². The monoisotopic (exact) mass is 229 g/mol. The lowest BCUT2D eigenvalue weighted by atomic mass is 10.2. The maximum absolute atomic E-state index is 10.9. The summed E-state index contributed by atoms with van der Waals surface area (Å²) in [5, 5.41) is 0. The summed E-state index contributed by atoms with van der Waals surface area (Å²) >= 11 is 3.23. The van der Waals surface area contributed by atoms with Gasteiger partial charge in [0.2, 0.25) is 0 Å². The first-order valence-corrected chi connectivity index (χ1v) is 4.08. The van der Waals surface area contributed by atoms with Gasteiger partial charge in [0, 0.05) is 4.47 Å². The van der Waals surface area contributed by atoms with Crippen LogP contribution < -0.4 is 10.5 Å². The smallest absolute Gasteiger partial charge is 0.252 e. The number of ether oxygens (including phenoxy) is 1. The molecule has 0 fully saturated rings. The fourth-order valence-corrected chi connectivity index (χ4v) is 1.23. The number of nitrogens with two attached hydrogens (primary N) is 1. The van der Waals surface area contributed by atoms with Gasteiger partial charge in [-0.3, -0.25) is 4.79 Å². The Morgan fingerprint density at radius 2 is 2.25 bits per heavy atom. The third-order valence-corrected chi connectivity index (χ3v) is 1.92. The summed E-state index contributed by atoms with van der Waals surface area (Å²) < 4.78 is 5.74.